The van der Waals surface area contributed by atoms with Crippen molar-refractivity contribution in [1.29, 1.82) is 0 Å². The summed E-state index contributed by atoms with van der Waals surface area (Å²) in [7, 11) is 0. The lowest BCUT2D eigenvalue weighted by Gasteiger charge is -2.18. The second-order valence-corrected chi connectivity index (χ2v) is 6.39. The number of imide groups is 1. The summed E-state index contributed by atoms with van der Waals surface area (Å²) in [6.07, 6.45) is 5.18. The van der Waals surface area contributed by atoms with Crippen LogP contribution in [-0.4, -0.2) is 32.8 Å². The van der Waals surface area contributed by atoms with Crippen LogP contribution in [0.25, 0.3) is 11.0 Å². The van der Waals surface area contributed by atoms with E-state index in [9.17, 15) is 9.59 Å². The number of hydrogen-bond acceptors (Lipinski definition) is 3. The van der Waals surface area contributed by atoms with Crippen LogP contribution in [-0.2, 0) is 0 Å². The van der Waals surface area contributed by atoms with E-state index < -0.39 is 0 Å². The maximum atomic E-state index is 12.4. The first-order chi connectivity index (χ1) is 12.7. The predicted octanol–water partition coefficient (Wildman–Crippen LogP) is 3.84. The molecule has 2 aromatic carbocycles. The zero-order chi connectivity index (χ0) is 18.1. The van der Waals surface area contributed by atoms with Gasteiger partial charge in [-0.05, 0) is 37.1 Å². The lowest BCUT2D eigenvalue weighted by Crippen LogP contribution is -2.31. The van der Waals surface area contributed by atoms with Crippen molar-refractivity contribution in [1.82, 2.24) is 14.5 Å². The van der Waals surface area contributed by atoms with Gasteiger partial charge in [-0.3, -0.25) is 14.5 Å². The van der Waals surface area contributed by atoms with Crippen LogP contribution in [0.2, 0.25) is 0 Å². The molecule has 0 saturated carbocycles. The highest BCUT2D eigenvalue weighted by Gasteiger charge is 2.34. The molecule has 0 bridgehead atoms. The van der Waals surface area contributed by atoms with Gasteiger partial charge < -0.3 is 4.57 Å². The van der Waals surface area contributed by atoms with Crippen LogP contribution < -0.4 is 0 Å². The first-order valence-electron chi connectivity index (χ1n) is 8.70. The number of aromatic nitrogens is 2. The Labute approximate surface area is 151 Å². The third-order valence-electron chi connectivity index (χ3n) is 4.87. The molecule has 2 amide bonds. The standard InChI is InChI=1S/C21H19N3O2/c1-2-15(24-14-22-18-11-5-6-12-19(18)24)8-7-13-23-20(25)16-9-3-4-10-17(16)21(23)26/h2-6,9-12,14-15H,1,7-8,13H2. The van der Waals surface area contributed by atoms with Crippen LogP contribution in [0.15, 0.2) is 67.5 Å². The zero-order valence-electron chi connectivity index (χ0n) is 14.3. The van der Waals surface area contributed by atoms with Crippen LogP contribution in [0.5, 0.6) is 0 Å². The van der Waals surface area contributed by atoms with Crippen molar-refractivity contribution in [2.24, 2.45) is 0 Å². The molecule has 0 N–H and O–H groups in total. The van der Waals surface area contributed by atoms with Gasteiger partial charge in [0, 0.05) is 6.54 Å². The fourth-order valence-electron chi connectivity index (χ4n) is 3.51. The summed E-state index contributed by atoms with van der Waals surface area (Å²) in [5, 5.41) is 0. The molecule has 130 valence electrons. The average molecular weight is 345 g/mol. The van der Waals surface area contributed by atoms with E-state index in [0.29, 0.717) is 24.1 Å². The van der Waals surface area contributed by atoms with E-state index in [1.165, 1.54) is 4.90 Å². The lowest BCUT2D eigenvalue weighted by atomic mass is 10.1. The average Bonchev–Trinajstić information content (AvgIpc) is 3.20. The smallest absolute Gasteiger partial charge is 0.261 e. The van der Waals surface area contributed by atoms with Crippen LogP contribution in [0.3, 0.4) is 0 Å². The maximum absolute atomic E-state index is 12.4. The second-order valence-electron chi connectivity index (χ2n) is 6.39. The van der Waals surface area contributed by atoms with E-state index in [1.807, 2.05) is 36.7 Å². The van der Waals surface area contributed by atoms with Gasteiger partial charge in [-0.15, -0.1) is 6.58 Å². The summed E-state index contributed by atoms with van der Waals surface area (Å²) < 4.78 is 2.09. The molecule has 0 fully saturated rings. The number of para-hydroxylation sites is 2. The molecule has 0 saturated heterocycles. The largest absolute Gasteiger partial charge is 0.324 e. The molecule has 1 aliphatic rings. The number of hydrogen-bond donors (Lipinski definition) is 0. The van der Waals surface area contributed by atoms with Crippen molar-refractivity contribution in [3.63, 3.8) is 0 Å². The normalized spacial score (nSPS) is 14.7. The Kier molecular flexibility index (Phi) is 4.13. The Hall–Kier alpha value is -3.21. The monoisotopic (exact) mass is 345 g/mol. The summed E-state index contributed by atoms with van der Waals surface area (Å²) in [4.78, 5) is 30.6. The molecule has 3 aromatic rings. The van der Waals surface area contributed by atoms with Gasteiger partial charge in [-0.25, -0.2) is 4.98 Å². The number of rotatable bonds is 6. The Balaban J connectivity index is 1.45. The summed E-state index contributed by atoms with van der Waals surface area (Å²) in [5.74, 6) is -0.400. The Morgan fingerprint density at radius 3 is 2.35 bits per heavy atom. The predicted molar refractivity (Wildman–Crippen MR) is 100 cm³/mol. The Morgan fingerprint density at radius 1 is 1.00 bits per heavy atom. The van der Waals surface area contributed by atoms with E-state index in [1.54, 1.807) is 24.3 Å². The molecule has 26 heavy (non-hydrogen) atoms. The number of fused-ring (bicyclic) bond motifs is 2. The van der Waals surface area contributed by atoms with Crippen LogP contribution in [0, 0.1) is 0 Å². The van der Waals surface area contributed by atoms with E-state index in [0.717, 1.165) is 17.5 Å². The summed E-state index contributed by atoms with van der Waals surface area (Å²) >= 11 is 0. The molecule has 5 heteroatoms. The van der Waals surface area contributed by atoms with Gasteiger partial charge in [0.2, 0.25) is 0 Å². The molecule has 4 rings (SSSR count). The first-order valence-corrected chi connectivity index (χ1v) is 8.70. The third kappa shape index (κ3) is 2.62. The summed E-state index contributed by atoms with van der Waals surface area (Å²) in [6.45, 7) is 4.35. The van der Waals surface area contributed by atoms with Crippen molar-refractivity contribution >= 4 is 22.8 Å². The highest BCUT2D eigenvalue weighted by Crippen LogP contribution is 2.25. The molecule has 1 atom stereocenters. The van der Waals surface area contributed by atoms with E-state index in [4.69, 9.17) is 0 Å². The van der Waals surface area contributed by atoms with Crippen LogP contribution in [0.1, 0.15) is 39.6 Å². The number of carbonyl (C=O) groups is 2. The van der Waals surface area contributed by atoms with Gasteiger partial charge in [0.05, 0.1) is 34.5 Å². The second kappa shape index (κ2) is 6.59. The Bertz CT molecular complexity index is 970. The highest BCUT2D eigenvalue weighted by atomic mass is 16.2. The highest BCUT2D eigenvalue weighted by molar-refractivity contribution is 6.21. The SMILES string of the molecule is C=CC(CCCN1C(=O)c2ccccc2C1=O)n1cnc2ccccc21. The van der Waals surface area contributed by atoms with Crippen molar-refractivity contribution in [2.75, 3.05) is 6.54 Å². The number of carbonyl (C=O) groups excluding carboxylic acids is 2. The minimum Gasteiger partial charge on any atom is -0.324 e. The number of nitrogens with zero attached hydrogens (tertiary/aromatic N) is 3. The number of allylic oxidation sites excluding steroid dienone is 1. The quantitative estimate of drug-likeness (QED) is 0.504. The zero-order valence-corrected chi connectivity index (χ0v) is 14.3. The van der Waals surface area contributed by atoms with E-state index in [2.05, 4.69) is 16.1 Å². The number of benzene rings is 2. The maximum Gasteiger partial charge on any atom is 0.261 e. The fourth-order valence-corrected chi connectivity index (χ4v) is 3.51. The summed E-state index contributed by atoms with van der Waals surface area (Å²) in [6, 6.07) is 15.0. The van der Waals surface area contributed by atoms with Gasteiger partial charge in [0.1, 0.15) is 0 Å². The van der Waals surface area contributed by atoms with Gasteiger partial charge >= 0.3 is 0 Å². The molecule has 0 spiro atoms. The van der Waals surface area contributed by atoms with E-state index in [-0.39, 0.29) is 17.9 Å². The van der Waals surface area contributed by atoms with Gasteiger partial charge in [-0.1, -0.05) is 30.3 Å². The molecular formula is C21H19N3O2. The van der Waals surface area contributed by atoms with Crippen molar-refractivity contribution in [2.45, 2.75) is 18.9 Å². The lowest BCUT2D eigenvalue weighted by molar-refractivity contribution is 0.0650. The van der Waals surface area contributed by atoms with Gasteiger partial charge in [0.15, 0.2) is 0 Å². The first kappa shape index (κ1) is 16.3. The molecule has 0 radical (unpaired) electrons. The minimum absolute atomic E-state index is 0.0672. The van der Waals surface area contributed by atoms with Crippen molar-refractivity contribution < 1.29 is 9.59 Å². The molecule has 0 aliphatic carbocycles. The van der Waals surface area contributed by atoms with Crippen LogP contribution in [0.4, 0.5) is 0 Å². The number of amides is 2. The molecule has 2 heterocycles. The van der Waals surface area contributed by atoms with Crippen LogP contribution >= 0.6 is 0 Å². The summed E-state index contributed by atoms with van der Waals surface area (Å²) in [5.41, 5.74) is 2.99. The topological polar surface area (TPSA) is 55.2 Å². The fraction of sp³-hybridized carbons (Fsp3) is 0.190. The molecule has 1 aliphatic heterocycles. The molecular weight excluding hydrogens is 326 g/mol. The Morgan fingerprint density at radius 2 is 1.65 bits per heavy atom. The van der Waals surface area contributed by atoms with Gasteiger partial charge in [0.25, 0.3) is 11.8 Å². The third-order valence-corrected chi connectivity index (χ3v) is 4.87. The van der Waals surface area contributed by atoms with Gasteiger partial charge in [-0.2, -0.15) is 0 Å². The molecule has 5 nitrogen and oxygen atoms in total. The van der Waals surface area contributed by atoms with E-state index >= 15 is 0 Å². The van der Waals surface area contributed by atoms with Crippen molar-refractivity contribution in [3.8, 4) is 0 Å². The van der Waals surface area contributed by atoms with Crippen molar-refractivity contribution in [3.05, 3.63) is 78.6 Å². The minimum atomic E-state index is -0.200. The molecule has 1 unspecified atom stereocenters. The molecule has 1 aromatic heterocycles. The number of imidazole rings is 1.